The highest BCUT2D eigenvalue weighted by atomic mass is 32.1. The molecule has 4 nitrogen and oxygen atoms in total. The van der Waals surface area contributed by atoms with Crippen LogP contribution < -0.4 is 22.1 Å². The van der Waals surface area contributed by atoms with Crippen molar-refractivity contribution in [3.05, 3.63) is 35.4 Å². The standard InChI is InChI=1S/C10H14N4S2/c11-9(15)13-5-7-1-2-8(4-3-7)6-14-10(12)16/h1-4H,5-6H2,(H3,11,13,15)(H3,12,14,16). The Morgan fingerprint density at radius 3 is 1.44 bits per heavy atom. The first-order chi connectivity index (χ1) is 7.58. The number of nitrogens with one attached hydrogen (secondary N) is 2. The molecule has 0 saturated heterocycles. The Morgan fingerprint density at radius 2 is 1.19 bits per heavy atom. The van der Waals surface area contributed by atoms with Crippen molar-refractivity contribution in [1.82, 2.24) is 10.6 Å². The van der Waals surface area contributed by atoms with Crippen LogP contribution in [0.25, 0.3) is 0 Å². The first-order valence-corrected chi connectivity index (χ1v) is 5.54. The van der Waals surface area contributed by atoms with Gasteiger partial charge in [-0.3, -0.25) is 0 Å². The third kappa shape index (κ3) is 4.90. The SMILES string of the molecule is NC(=S)NCc1ccc(CNC(N)=S)cc1. The van der Waals surface area contributed by atoms with Crippen LogP contribution in [0.3, 0.4) is 0 Å². The van der Waals surface area contributed by atoms with Crippen molar-refractivity contribution in [2.24, 2.45) is 11.5 Å². The van der Waals surface area contributed by atoms with E-state index in [9.17, 15) is 0 Å². The van der Waals surface area contributed by atoms with Gasteiger partial charge in [0.05, 0.1) is 0 Å². The molecule has 0 amide bonds. The lowest BCUT2D eigenvalue weighted by Crippen LogP contribution is -2.28. The quantitative estimate of drug-likeness (QED) is 0.581. The summed E-state index contributed by atoms with van der Waals surface area (Å²) in [6, 6.07) is 8.01. The molecule has 0 aliphatic rings. The van der Waals surface area contributed by atoms with Gasteiger partial charge in [0.25, 0.3) is 0 Å². The van der Waals surface area contributed by atoms with Gasteiger partial charge in [-0.15, -0.1) is 0 Å². The highest BCUT2D eigenvalue weighted by molar-refractivity contribution is 7.80. The minimum absolute atomic E-state index is 0.305. The van der Waals surface area contributed by atoms with Crippen LogP contribution in [0.15, 0.2) is 24.3 Å². The first kappa shape index (κ1) is 12.7. The molecule has 86 valence electrons. The molecule has 0 unspecified atom stereocenters. The van der Waals surface area contributed by atoms with Crippen LogP contribution >= 0.6 is 24.4 Å². The zero-order chi connectivity index (χ0) is 12.0. The van der Waals surface area contributed by atoms with Crippen LogP contribution in [0.2, 0.25) is 0 Å². The molecule has 6 heteroatoms. The number of hydrogen-bond donors (Lipinski definition) is 4. The Morgan fingerprint density at radius 1 is 0.875 bits per heavy atom. The smallest absolute Gasteiger partial charge is 0.163 e. The van der Waals surface area contributed by atoms with E-state index in [1.165, 1.54) is 0 Å². The van der Waals surface area contributed by atoms with E-state index >= 15 is 0 Å². The molecule has 0 aromatic heterocycles. The van der Waals surface area contributed by atoms with Crippen LogP contribution in [0, 0.1) is 0 Å². The van der Waals surface area contributed by atoms with E-state index in [4.69, 9.17) is 35.9 Å². The summed E-state index contributed by atoms with van der Waals surface area (Å²) >= 11 is 9.44. The molecule has 1 aromatic carbocycles. The zero-order valence-electron chi connectivity index (χ0n) is 8.69. The Hall–Kier alpha value is -1.40. The van der Waals surface area contributed by atoms with E-state index in [1.54, 1.807) is 0 Å². The van der Waals surface area contributed by atoms with E-state index in [1.807, 2.05) is 24.3 Å². The minimum Gasteiger partial charge on any atom is -0.376 e. The molecular formula is C10H14N4S2. The molecule has 0 fully saturated rings. The first-order valence-electron chi connectivity index (χ1n) is 4.72. The summed E-state index contributed by atoms with van der Waals surface area (Å²) in [7, 11) is 0. The van der Waals surface area contributed by atoms with Crippen LogP contribution in [-0.4, -0.2) is 10.2 Å². The molecule has 1 aromatic rings. The number of benzene rings is 1. The topological polar surface area (TPSA) is 76.1 Å². The van der Waals surface area contributed by atoms with E-state index in [0.29, 0.717) is 23.3 Å². The van der Waals surface area contributed by atoms with Crippen LogP contribution in [0.1, 0.15) is 11.1 Å². The van der Waals surface area contributed by atoms with Crippen LogP contribution in [-0.2, 0) is 13.1 Å². The Labute approximate surface area is 105 Å². The Balaban J connectivity index is 2.47. The molecule has 16 heavy (non-hydrogen) atoms. The second-order valence-electron chi connectivity index (χ2n) is 3.25. The number of thiocarbonyl (C=S) groups is 2. The summed E-state index contributed by atoms with van der Waals surface area (Å²) < 4.78 is 0. The fraction of sp³-hybridized carbons (Fsp3) is 0.200. The van der Waals surface area contributed by atoms with E-state index in [-0.39, 0.29) is 0 Å². The van der Waals surface area contributed by atoms with Gasteiger partial charge in [0.1, 0.15) is 0 Å². The molecule has 0 heterocycles. The molecule has 0 radical (unpaired) electrons. The molecule has 1 rings (SSSR count). The summed E-state index contributed by atoms with van der Waals surface area (Å²) in [4.78, 5) is 0. The second-order valence-corrected chi connectivity index (χ2v) is 4.13. The average Bonchev–Trinajstić information content (AvgIpc) is 2.25. The van der Waals surface area contributed by atoms with Crippen molar-refractivity contribution in [3.8, 4) is 0 Å². The predicted octanol–water partition coefficient (Wildman–Crippen LogP) is 0.353. The fourth-order valence-corrected chi connectivity index (χ4v) is 1.30. The highest BCUT2D eigenvalue weighted by Gasteiger charge is 1.95. The monoisotopic (exact) mass is 254 g/mol. The third-order valence-electron chi connectivity index (χ3n) is 1.96. The molecule has 0 saturated carbocycles. The lowest BCUT2D eigenvalue weighted by Gasteiger charge is -2.06. The molecule has 0 aliphatic carbocycles. The number of nitrogens with two attached hydrogens (primary N) is 2. The van der Waals surface area contributed by atoms with Crippen molar-refractivity contribution in [2.45, 2.75) is 13.1 Å². The van der Waals surface area contributed by atoms with Gasteiger partial charge in [0.15, 0.2) is 10.2 Å². The molecule has 0 atom stereocenters. The summed E-state index contributed by atoms with van der Waals surface area (Å²) in [6.45, 7) is 1.27. The summed E-state index contributed by atoms with van der Waals surface area (Å²) in [5.41, 5.74) is 12.9. The van der Waals surface area contributed by atoms with Gasteiger partial charge in [-0.2, -0.15) is 0 Å². The normalized spacial score (nSPS) is 9.50. The maximum atomic E-state index is 5.33. The highest BCUT2D eigenvalue weighted by Crippen LogP contribution is 2.03. The lowest BCUT2D eigenvalue weighted by atomic mass is 10.1. The van der Waals surface area contributed by atoms with Crippen molar-refractivity contribution in [2.75, 3.05) is 0 Å². The van der Waals surface area contributed by atoms with Crippen molar-refractivity contribution < 1.29 is 0 Å². The van der Waals surface area contributed by atoms with Gasteiger partial charge in [-0.1, -0.05) is 24.3 Å². The lowest BCUT2D eigenvalue weighted by molar-refractivity contribution is 0.900. The van der Waals surface area contributed by atoms with Gasteiger partial charge >= 0.3 is 0 Å². The zero-order valence-corrected chi connectivity index (χ0v) is 10.3. The molecule has 0 spiro atoms. The second kappa shape index (κ2) is 6.24. The van der Waals surface area contributed by atoms with Gasteiger partial charge in [-0.25, -0.2) is 0 Å². The average molecular weight is 254 g/mol. The molecular weight excluding hydrogens is 240 g/mol. The van der Waals surface area contributed by atoms with Gasteiger partial charge in [-0.05, 0) is 35.6 Å². The Kier molecular flexibility index (Phi) is 4.94. The maximum Gasteiger partial charge on any atom is 0.163 e. The minimum atomic E-state index is 0.305. The van der Waals surface area contributed by atoms with Crippen molar-refractivity contribution >= 4 is 34.7 Å². The number of hydrogen-bond acceptors (Lipinski definition) is 2. The number of rotatable bonds is 4. The van der Waals surface area contributed by atoms with E-state index in [0.717, 1.165) is 11.1 Å². The largest absolute Gasteiger partial charge is 0.376 e. The van der Waals surface area contributed by atoms with Gasteiger partial charge in [0.2, 0.25) is 0 Å². The van der Waals surface area contributed by atoms with Crippen LogP contribution in [0.5, 0.6) is 0 Å². The van der Waals surface area contributed by atoms with Crippen LogP contribution in [0.4, 0.5) is 0 Å². The maximum absolute atomic E-state index is 5.33. The molecule has 0 bridgehead atoms. The van der Waals surface area contributed by atoms with E-state index in [2.05, 4.69) is 10.6 Å². The third-order valence-corrected chi connectivity index (χ3v) is 2.25. The van der Waals surface area contributed by atoms with Gasteiger partial charge < -0.3 is 22.1 Å². The summed E-state index contributed by atoms with van der Waals surface area (Å²) in [5, 5.41) is 6.38. The Bertz CT molecular complexity index is 338. The predicted molar refractivity (Wildman–Crippen MR) is 73.7 cm³/mol. The molecule has 6 N–H and O–H groups in total. The van der Waals surface area contributed by atoms with Gasteiger partial charge in [0, 0.05) is 13.1 Å². The molecule has 0 aliphatic heterocycles. The van der Waals surface area contributed by atoms with Crippen molar-refractivity contribution in [1.29, 1.82) is 0 Å². The fourth-order valence-electron chi connectivity index (χ4n) is 1.15. The summed E-state index contributed by atoms with van der Waals surface area (Å²) in [5.74, 6) is 0. The summed E-state index contributed by atoms with van der Waals surface area (Å²) in [6.07, 6.45) is 0. The van der Waals surface area contributed by atoms with E-state index < -0.39 is 0 Å². The van der Waals surface area contributed by atoms with Crippen molar-refractivity contribution in [3.63, 3.8) is 0 Å².